The topological polar surface area (TPSA) is 161 Å². The molecule has 0 saturated heterocycles. The Kier molecular flexibility index (Phi) is 10.9. The third-order valence-corrected chi connectivity index (χ3v) is 8.25. The molecule has 3 N–H and O–H groups in total. The van der Waals surface area contributed by atoms with Crippen LogP contribution in [0.3, 0.4) is 0 Å². The molecule has 5 aromatic rings. The number of rotatable bonds is 12. The van der Waals surface area contributed by atoms with Crippen molar-refractivity contribution >= 4 is 17.7 Å². The van der Waals surface area contributed by atoms with Crippen molar-refractivity contribution in [1.29, 1.82) is 0 Å². The molecule has 50 heavy (non-hydrogen) atoms. The molecule has 3 aromatic carbocycles. The van der Waals surface area contributed by atoms with E-state index >= 15 is 0 Å². The highest BCUT2D eigenvalue weighted by molar-refractivity contribution is 5.84. The number of aliphatic hydroxyl groups excluding tert-OH is 1. The predicted molar refractivity (Wildman–Crippen MR) is 183 cm³/mol. The summed E-state index contributed by atoms with van der Waals surface area (Å²) < 4.78 is 26.0. The number of aliphatic hydroxyl groups is 1. The van der Waals surface area contributed by atoms with Crippen LogP contribution in [0.1, 0.15) is 62.3 Å². The van der Waals surface area contributed by atoms with Crippen molar-refractivity contribution in [2.45, 2.75) is 65.3 Å². The molecule has 2 heterocycles. The van der Waals surface area contributed by atoms with E-state index in [2.05, 4.69) is 25.8 Å². The quantitative estimate of drug-likeness (QED) is 0.150. The Balaban J connectivity index is 1.37. The fourth-order valence-electron chi connectivity index (χ4n) is 5.33. The standard InChI is InChI=1S/C37H39FN6O6/c1-22(2)30(31(46)33-42-43-35(50-33)37(4,5)26-13-9-10-23(3)18-26)41-29(45)20-44-32(25-14-16-27(38)17-15-25)39-19-28(34(44)47)40-36(48)49-21-24-11-7-6-8-12-24/h6-19,22,30-31,46H,20-21H2,1-5H3,(H,40,48)(H,41,45)/t30-,31?/m0/s1. The summed E-state index contributed by atoms with van der Waals surface area (Å²) in [5.74, 6) is -1.20. The van der Waals surface area contributed by atoms with E-state index in [1.54, 1.807) is 38.1 Å². The van der Waals surface area contributed by atoms with Gasteiger partial charge in [-0.1, -0.05) is 74.0 Å². The highest BCUT2D eigenvalue weighted by atomic mass is 19.1. The number of benzene rings is 3. The lowest BCUT2D eigenvalue weighted by Gasteiger charge is -2.26. The third kappa shape index (κ3) is 8.29. The monoisotopic (exact) mass is 682 g/mol. The van der Waals surface area contributed by atoms with Crippen molar-refractivity contribution in [3.05, 3.63) is 130 Å². The molecular formula is C37H39FN6O6. The van der Waals surface area contributed by atoms with Gasteiger partial charge < -0.3 is 19.6 Å². The van der Waals surface area contributed by atoms with Crippen LogP contribution in [0.4, 0.5) is 14.9 Å². The van der Waals surface area contributed by atoms with Gasteiger partial charge >= 0.3 is 6.09 Å². The van der Waals surface area contributed by atoms with E-state index in [1.807, 2.05) is 51.1 Å². The van der Waals surface area contributed by atoms with Gasteiger partial charge in [0.05, 0.1) is 17.7 Å². The molecule has 2 atom stereocenters. The van der Waals surface area contributed by atoms with Crippen LogP contribution in [-0.2, 0) is 28.1 Å². The fraction of sp³-hybridized carbons (Fsp3) is 0.297. The number of hydrogen-bond acceptors (Lipinski definition) is 9. The van der Waals surface area contributed by atoms with E-state index in [9.17, 15) is 23.9 Å². The number of amides is 2. The van der Waals surface area contributed by atoms with E-state index in [0.29, 0.717) is 11.5 Å². The maximum atomic E-state index is 13.7. The maximum absolute atomic E-state index is 13.7. The Hall–Kier alpha value is -5.69. The van der Waals surface area contributed by atoms with E-state index < -0.39 is 47.5 Å². The molecule has 0 spiro atoms. The maximum Gasteiger partial charge on any atom is 0.412 e. The number of nitrogens with zero attached hydrogens (tertiary/aromatic N) is 4. The molecule has 0 bridgehead atoms. The zero-order valence-corrected chi connectivity index (χ0v) is 28.4. The highest BCUT2D eigenvalue weighted by Gasteiger charge is 2.34. The van der Waals surface area contributed by atoms with Crippen LogP contribution in [0.25, 0.3) is 11.4 Å². The molecule has 2 amide bonds. The molecule has 12 nitrogen and oxygen atoms in total. The molecule has 0 aliphatic heterocycles. The van der Waals surface area contributed by atoms with Gasteiger partial charge in [0.25, 0.3) is 5.56 Å². The summed E-state index contributed by atoms with van der Waals surface area (Å²) in [6.45, 7) is 8.86. The van der Waals surface area contributed by atoms with Crippen LogP contribution in [0.15, 0.2) is 94.3 Å². The number of ether oxygens (including phenoxy) is 1. The van der Waals surface area contributed by atoms with Crippen LogP contribution in [0, 0.1) is 18.7 Å². The average Bonchev–Trinajstić information content (AvgIpc) is 3.60. The molecular weight excluding hydrogens is 643 g/mol. The lowest BCUT2D eigenvalue weighted by atomic mass is 9.84. The molecule has 260 valence electrons. The molecule has 0 fully saturated rings. The third-order valence-electron chi connectivity index (χ3n) is 8.25. The van der Waals surface area contributed by atoms with Crippen molar-refractivity contribution in [1.82, 2.24) is 25.1 Å². The second-order valence-corrected chi connectivity index (χ2v) is 12.8. The van der Waals surface area contributed by atoms with E-state index in [-0.39, 0.29) is 29.9 Å². The summed E-state index contributed by atoms with van der Waals surface area (Å²) in [5, 5.41) is 24.9. The zero-order chi connectivity index (χ0) is 36.0. The first kappa shape index (κ1) is 35.6. The Morgan fingerprint density at radius 1 is 1.02 bits per heavy atom. The van der Waals surface area contributed by atoms with Gasteiger partial charge in [-0.25, -0.2) is 14.2 Å². The molecule has 0 saturated carbocycles. The van der Waals surface area contributed by atoms with Gasteiger partial charge in [0.1, 0.15) is 30.5 Å². The number of nitrogens with one attached hydrogen (secondary N) is 2. The molecule has 13 heteroatoms. The Bertz CT molecular complexity index is 2010. The summed E-state index contributed by atoms with van der Waals surface area (Å²) in [6, 6.07) is 21.2. The highest BCUT2D eigenvalue weighted by Crippen LogP contribution is 2.32. The largest absolute Gasteiger partial charge is 0.444 e. The minimum Gasteiger partial charge on any atom is -0.444 e. The van der Waals surface area contributed by atoms with Crippen LogP contribution in [0.2, 0.25) is 0 Å². The fourth-order valence-corrected chi connectivity index (χ4v) is 5.33. The van der Waals surface area contributed by atoms with Crippen molar-refractivity contribution < 1.29 is 28.2 Å². The second kappa shape index (κ2) is 15.2. The van der Waals surface area contributed by atoms with Gasteiger partial charge in [-0.3, -0.25) is 19.5 Å². The van der Waals surface area contributed by atoms with E-state index in [0.717, 1.165) is 27.5 Å². The summed E-state index contributed by atoms with van der Waals surface area (Å²) in [5.41, 5.74) is 1.46. The Morgan fingerprint density at radius 2 is 1.74 bits per heavy atom. The van der Waals surface area contributed by atoms with Gasteiger partial charge in [0.15, 0.2) is 6.10 Å². The minimum absolute atomic E-state index is 0.0335. The number of carbonyl (C=O) groups excluding carboxylic acids is 2. The molecule has 0 radical (unpaired) electrons. The lowest BCUT2D eigenvalue weighted by molar-refractivity contribution is -0.124. The van der Waals surface area contributed by atoms with E-state index in [4.69, 9.17) is 9.15 Å². The first-order valence-electron chi connectivity index (χ1n) is 16.1. The van der Waals surface area contributed by atoms with Crippen LogP contribution in [-0.4, -0.2) is 42.9 Å². The zero-order valence-electron chi connectivity index (χ0n) is 28.4. The number of halogens is 1. The summed E-state index contributed by atoms with van der Waals surface area (Å²) in [7, 11) is 0. The van der Waals surface area contributed by atoms with E-state index in [1.165, 1.54) is 24.3 Å². The number of aromatic nitrogens is 4. The van der Waals surface area contributed by atoms with Crippen molar-refractivity contribution in [3.8, 4) is 11.4 Å². The SMILES string of the molecule is Cc1cccc(C(C)(C)c2nnc(C(O)[C@@H](NC(=O)Cn3c(-c4ccc(F)cc4)ncc(NC(=O)OCc4ccccc4)c3=O)C(C)C)o2)c1. The van der Waals surface area contributed by atoms with Crippen LogP contribution in [0.5, 0.6) is 0 Å². The van der Waals surface area contributed by atoms with Gasteiger partial charge in [-0.15, -0.1) is 10.2 Å². The Labute approximate surface area is 288 Å². The first-order chi connectivity index (χ1) is 23.8. The minimum atomic E-state index is -1.38. The van der Waals surface area contributed by atoms with Gasteiger partial charge in [-0.2, -0.15) is 0 Å². The molecule has 2 aromatic heterocycles. The number of anilines is 1. The lowest BCUT2D eigenvalue weighted by Crippen LogP contribution is -2.45. The summed E-state index contributed by atoms with van der Waals surface area (Å²) in [4.78, 5) is 44.2. The van der Waals surface area contributed by atoms with Gasteiger partial charge in [0, 0.05) is 5.56 Å². The molecule has 5 rings (SSSR count). The number of carbonyl (C=O) groups is 2. The normalized spacial score (nSPS) is 12.7. The number of hydrogen-bond donors (Lipinski definition) is 3. The first-order valence-corrected chi connectivity index (χ1v) is 16.1. The summed E-state index contributed by atoms with van der Waals surface area (Å²) in [6.07, 6.45) is -1.14. The Morgan fingerprint density at radius 3 is 2.42 bits per heavy atom. The second-order valence-electron chi connectivity index (χ2n) is 12.8. The predicted octanol–water partition coefficient (Wildman–Crippen LogP) is 5.69. The van der Waals surface area contributed by atoms with Gasteiger partial charge in [0.2, 0.25) is 17.7 Å². The van der Waals surface area contributed by atoms with Gasteiger partial charge in [-0.05, 0) is 62.1 Å². The van der Waals surface area contributed by atoms with Crippen molar-refractivity contribution in [2.24, 2.45) is 5.92 Å². The molecule has 0 aliphatic rings. The van der Waals surface area contributed by atoms with Crippen molar-refractivity contribution in [2.75, 3.05) is 5.32 Å². The average molecular weight is 683 g/mol. The van der Waals surface area contributed by atoms with Crippen molar-refractivity contribution in [3.63, 3.8) is 0 Å². The van der Waals surface area contributed by atoms with Crippen LogP contribution >= 0.6 is 0 Å². The summed E-state index contributed by atoms with van der Waals surface area (Å²) >= 11 is 0. The van der Waals surface area contributed by atoms with Crippen LogP contribution < -0.4 is 16.2 Å². The molecule has 0 aliphatic carbocycles. The number of aryl methyl sites for hydroxylation is 1. The smallest absolute Gasteiger partial charge is 0.412 e. The molecule has 1 unspecified atom stereocenters.